The summed E-state index contributed by atoms with van der Waals surface area (Å²) in [4.78, 5) is 14.0. The molecule has 132 valence electrons. The maximum absolute atomic E-state index is 13.7. The second-order valence-corrected chi connectivity index (χ2v) is 6.46. The zero-order valence-electron chi connectivity index (χ0n) is 13.9. The number of hydrogen-bond acceptors (Lipinski definition) is 2. The Morgan fingerprint density at radius 1 is 1.08 bits per heavy atom. The molecule has 1 saturated heterocycles. The number of amides is 1. The lowest BCUT2D eigenvalue weighted by Crippen LogP contribution is -2.40. The predicted octanol–water partition coefficient (Wildman–Crippen LogP) is 3.48. The van der Waals surface area contributed by atoms with Gasteiger partial charge in [0.05, 0.1) is 12.5 Å². The lowest BCUT2D eigenvalue weighted by atomic mass is 9.87. The zero-order chi connectivity index (χ0) is 17.8. The highest BCUT2D eigenvalue weighted by Gasteiger charge is 2.28. The van der Waals surface area contributed by atoms with Crippen molar-refractivity contribution in [3.05, 3.63) is 71.3 Å². The molecule has 2 aromatic carbocycles. The van der Waals surface area contributed by atoms with Gasteiger partial charge in [0, 0.05) is 18.7 Å². The Hall–Kier alpha value is -2.27. The van der Waals surface area contributed by atoms with E-state index in [2.05, 4.69) is 0 Å². The average Bonchev–Trinajstić information content (AvgIpc) is 2.65. The molecule has 1 fully saturated rings. The summed E-state index contributed by atoms with van der Waals surface area (Å²) in [5.41, 5.74) is 0.963. The maximum Gasteiger partial charge on any atom is 0.227 e. The molecule has 0 saturated carbocycles. The van der Waals surface area contributed by atoms with E-state index in [4.69, 9.17) is 0 Å². The Morgan fingerprint density at radius 2 is 1.76 bits per heavy atom. The third kappa shape index (κ3) is 4.04. The summed E-state index contributed by atoms with van der Waals surface area (Å²) in [6, 6.07) is 13.4. The van der Waals surface area contributed by atoms with Crippen LogP contribution in [0.25, 0.3) is 0 Å². The number of rotatable bonds is 4. The molecule has 1 amide bonds. The molecule has 0 bridgehead atoms. The Morgan fingerprint density at radius 3 is 2.44 bits per heavy atom. The van der Waals surface area contributed by atoms with Gasteiger partial charge in [-0.05, 0) is 30.4 Å². The van der Waals surface area contributed by atoms with Crippen molar-refractivity contribution in [2.24, 2.45) is 5.92 Å². The molecule has 25 heavy (non-hydrogen) atoms. The van der Waals surface area contributed by atoms with E-state index < -0.39 is 17.7 Å². The van der Waals surface area contributed by atoms with Crippen LogP contribution in [0.3, 0.4) is 0 Å². The van der Waals surface area contributed by atoms with Crippen LogP contribution in [-0.2, 0) is 11.2 Å². The van der Waals surface area contributed by atoms with Crippen molar-refractivity contribution in [1.29, 1.82) is 0 Å². The molecule has 3 rings (SSSR count). The van der Waals surface area contributed by atoms with Gasteiger partial charge in [-0.25, -0.2) is 8.78 Å². The minimum atomic E-state index is -0.953. The van der Waals surface area contributed by atoms with Crippen LogP contribution in [0.4, 0.5) is 8.78 Å². The fraction of sp³-hybridized carbons (Fsp3) is 0.350. The maximum atomic E-state index is 13.7. The fourth-order valence-corrected chi connectivity index (χ4v) is 3.35. The van der Waals surface area contributed by atoms with E-state index in [1.54, 1.807) is 4.90 Å². The third-order valence-corrected chi connectivity index (χ3v) is 4.85. The van der Waals surface area contributed by atoms with Gasteiger partial charge in [-0.2, -0.15) is 0 Å². The van der Waals surface area contributed by atoms with Crippen LogP contribution in [0.5, 0.6) is 0 Å². The van der Waals surface area contributed by atoms with Gasteiger partial charge in [0.2, 0.25) is 5.91 Å². The first kappa shape index (κ1) is 17.5. The lowest BCUT2D eigenvalue weighted by molar-refractivity contribution is -0.132. The Bertz CT molecular complexity index is 728. The second-order valence-electron chi connectivity index (χ2n) is 6.46. The monoisotopic (exact) mass is 345 g/mol. The molecule has 1 aliphatic heterocycles. The number of likely N-dealkylation sites (tertiary alicyclic amines) is 1. The summed E-state index contributed by atoms with van der Waals surface area (Å²) >= 11 is 0. The van der Waals surface area contributed by atoms with Crippen molar-refractivity contribution in [2.45, 2.75) is 25.4 Å². The molecular weight excluding hydrogens is 324 g/mol. The molecular formula is C20H21F2NO2. The minimum Gasteiger partial charge on any atom is -0.388 e. The number of halogens is 2. The topological polar surface area (TPSA) is 40.5 Å². The SMILES string of the molecule is O=C(Cc1cccc(F)c1F)N1CCC(C(O)c2ccccc2)CC1. The Kier molecular flexibility index (Phi) is 5.43. The number of piperidine rings is 1. The highest BCUT2D eigenvalue weighted by atomic mass is 19.2. The van der Waals surface area contributed by atoms with Gasteiger partial charge in [0.25, 0.3) is 0 Å². The van der Waals surface area contributed by atoms with Crippen LogP contribution >= 0.6 is 0 Å². The van der Waals surface area contributed by atoms with Gasteiger partial charge in [0.1, 0.15) is 0 Å². The number of carbonyl (C=O) groups excluding carboxylic acids is 1. The summed E-state index contributed by atoms with van der Waals surface area (Å²) in [6.07, 6.45) is 0.690. The van der Waals surface area contributed by atoms with Crippen molar-refractivity contribution in [3.8, 4) is 0 Å². The molecule has 1 heterocycles. The molecule has 5 heteroatoms. The summed E-state index contributed by atoms with van der Waals surface area (Å²) in [6.45, 7) is 1.04. The minimum absolute atomic E-state index is 0.0800. The highest BCUT2D eigenvalue weighted by molar-refractivity contribution is 5.78. The second kappa shape index (κ2) is 7.74. The summed E-state index contributed by atoms with van der Waals surface area (Å²) in [5, 5.41) is 10.5. The smallest absolute Gasteiger partial charge is 0.227 e. The first-order valence-corrected chi connectivity index (χ1v) is 8.50. The summed E-state index contributed by atoms with van der Waals surface area (Å²) in [5.74, 6) is -2.00. The fourth-order valence-electron chi connectivity index (χ4n) is 3.35. The third-order valence-electron chi connectivity index (χ3n) is 4.85. The van der Waals surface area contributed by atoms with Crippen molar-refractivity contribution in [1.82, 2.24) is 4.90 Å². The zero-order valence-corrected chi connectivity index (χ0v) is 13.9. The molecule has 0 aliphatic carbocycles. The Labute approximate surface area is 145 Å². The van der Waals surface area contributed by atoms with E-state index in [0.717, 1.165) is 11.6 Å². The molecule has 3 nitrogen and oxygen atoms in total. The van der Waals surface area contributed by atoms with Gasteiger partial charge >= 0.3 is 0 Å². The van der Waals surface area contributed by atoms with Crippen molar-refractivity contribution in [2.75, 3.05) is 13.1 Å². The number of nitrogens with zero attached hydrogens (tertiary/aromatic N) is 1. The van der Waals surface area contributed by atoms with Crippen molar-refractivity contribution in [3.63, 3.8) is 0 Å². The van der Waals surface area contributed by atoms with Crippen LogP contribution in [0, 0.1) is 17.6 Å². The molecule has 1 N–H and O–H groups in total. The van der Waals surface area contributed by atoms with Gasteiger partial charge < -0.3 is 10.0 Å². The summed E-state index contributed by atoms with van der Waals surface area (Å²) < 4.78 is 27.0. The number of aliphatic hydroxyl groups is 1. The largest absolute Gasteiger partial charge is 0.388 e. The average molecular weight is 345 g/mol. The highest BCUT2D eigenvalue weighted by Crippen LogP contribution is 2.30. The first-order valence-electron chi connectivity index (χ1n) is 8.50. The van der Waals surface area contributed by atoms with Crippen LogP contribution in [-0.4, -0.2) is 29.0 Å². The van der Waals surface area contributed by atoms with Gasteiger partial charge in [-0.3, -0.25) is 4.79 Å². The molecule has 1 atom stereocenters. The van der Waals surface area contributed by atoms with E-state index >= 15 is 0 Å². The number of carbonyl (C=O) groups is 1. The molecule has 0 spiro atoms. The summed E-state index contributed by atoms with van der Waals surface area (Å²) in [7, 11) is 0. The van der Waals surface area contributed by atoms with Gasteiger partial charge in [-0.1, -0.05) is 42.5 Å². The molecule has 0 aromatic heterocycles. The van der Waals surface area contributed by atoms with Crippen LogP contribution in [0.2, 0.25) is 0 Å². The normalized spacial score (nSPS) is 16.7. The van der Waals surface area contributed by atoms with E-state index in [0.29, 0.717) is 25.9 Å². The van der Waals surface area contributed by atoms with E-state index in [9.17, 15) is 18.7 Å². The van der Waals surface area contributed by atoms with E-state index in [1.165, 1.54) is 12.1 Å². The molecule has 0 radical (unpaired) electrons. The van der Waals surface area contributed by atoms with Crippen LogP contribution < -0.4 is 0 Å². The van der Waals surface area contributed by atoms with Crippen molar-refractivity contribution < 1.29 is 18.7 Å². The quantitative estimate of drug-likeness (QED) is 0.922. The van der Waals surface area contributed by atoms with Gasteiger partial charge in [-0.15, -0.1) is 0 Å². The number of benzene rings is 2. The Balaban J connectivity index is 1.57. The number of hydrogen-bond donors (Lipinski definition) is 1. The van der Waals surface area contributed by atoms with E-state index in [1.807, 2.05) is 30.3 Å². The number of aliphatic hydroxyl groups excluding tert-OH is 1. The lowest BCUT2D eigenvalue weighted by Gasteiger charge is -2.34. The predicted molar refractivity (Wildman–Crippen MR) is 90.8 cm³/mol. The van der Waals surface area contributed by atoms with E-state index in [-0.39, 0.29) is 23.8 Å². The van der Waals surface area contributed by atoms with Crippen LogP contribution in [0.15, 0.2) is 48.5 Å². The van der Waals surface area contributed by atoms with Crippen molar-refractivity contribution >= 4 is 5.91 Å². The molecule has 2 aromatic rings. The van der Waals surface area contributed by atoms with Gasteiger partial charge in [0.15, 0.2) is 11.6 Å². The standard InChI is InChI=1S/C20H21F2NO2/c21-17-8-4-7-16(19(17)22)13-18(24)23-11-9-15(10-12-23)20(25)14-5-2-1-3-6-14/h1-8,15,20,25H,9-13H2. The van der Waals surface area contributed by atoms with Crippen LogP contribution in [0.1, 0.15) is 30.1 Å². The first-order chi connectivity index (χ1) is 12.1. The molecule has 1 aliphatic rings. The molecule has 1 unspecified atom stereocenters.